The fraction of sp³-hybridized carbons (Fsp3) is 0.875. The van der Waals surface area contributed by atoms with E-state index in [0.29, 0.717) is 19.4 Å². The van der Waals surface area contributed by atoms with E-state index in [0.717, 1.165) is 64.2 Å². The lowest BCUT2D eigenvalue weighted by molar-refractivity contribution is -0.143. The average Bonchev–Trinajstić information content (AvgIpc) is 3.36. The van der Waals surface area contributed by atoms with Gasteiger partial charge in [-0.2, -0.15) is 0 Å². The summed E-state index contributed by atoms with van der Waals surface area (Å²) in [5, 5.41) is 23.2. The monoisotopic (exact) mass is 984 g/mol. The largest absolute Gasteiger partial charge is 0.466 e. The van der Waals surface area contributed by atoms with E-state index >= 15 is 0 Å². The third-order valence-electron chi connectivity index (χ3n) is 14.4. The molecule has 6 nitrogen and oxygen atoms in total. The molecule has 0 rings (SSSR count). The first-order chi connectivity index (χ1) is 34.5. The summed E-state index contributed by atoms with van der Waals surface area (Å²) < 4.78 is 5.47. The van der Waals surface area contributed by atoms with Gasteiger partial charge in [0.2, 0.25) is 5.91 Å². The van der Waals surface area contributed by atoms with Gasteiger partial charge in [0.15, 0.2) is 0 Å². The Morgan fingerprint density at radius 2 is 0.714 bits per heavy atom. The number of esters is 1. The minimum absolute atomic E-state index is 0.0224. The van der Waals surface area contributed by atoms with E-state index in [9.17, 15) is 19.8 Å². The van der Waals surface area contributed by atoms with Crippen LogP contribution in [0, 0.1) is 0 Å². The fourth-order valence-electron chi connectivity index (χ4n) is 9.61. The number of nitrogens with one attached hydrogen (secondary N) is 1. The SMILES string of the molecule is CCCCC/C=C\C/C=C\CCCCCCCCCC(=O)OCCCCCCCCCCCCCC(=O)NC(CO)C(O)/C=C/CCCCCCCCCCCCCCCCCCCCCCCCC. The number of unbranched alkanes of at least 4 members (excludes halogenated alkanes) is 43. The molecule has 0 aliphatic rings. The molecule has 0 spiro atoms. The van der Waals surface area contributed by atoms with Crippen LogP contribution in [0.1, 0.15) is 335 Å². The lowest BCUT2D eigenvalue weighted by atomic mass is 10.0. The molecule has 0 fully saturated rings. The Hall–Kier alpha value is -1.92. The molecule has 0 bridgehead atoms. The van der Waals surface area contributed by atoms with E-state index in [2.05, 4.69) is 43.5 Å². The van der Waals surface area contributed by atoms with E-state index in [1.165, 1.54) is 244 Å². The summed E-state index contributed by atoms with van der Waals surface area (Å²) in [6.45, 7) is 4.85. The Balaban J connectivity index is 3.49. The summed E-state index contributed by atoms with van der Waals surface area (Å²) in [7, 11) is 0. The lowest BCUT2D eigenvalue weighted by Gasteiger charge is -2.20. The van der Waals surface area contributed by atoms with Gasteiger partial charge in [0.1, 0.15) is 0 Å². The molecule has 2 unspecified atom stereocenters. The van der Waals surface area contributed by atoms with Crippen molar-refractivity contribution in [2.45, 2.75) is 347 Å². The Bertz CT molecular complexity index is 1130. The lowest BCUT2D eigenvalue weighted by Crippen LogP contribution is -2.45. The number of hydrogen-bond donors (Lipinski definition) is 3. The zero-order valence-corrected chi connectivity index (χ0v) is 47.0. The van der Waals surface area contributed by atoms with Gasteiger partial charge >= 0.3 is 5.97 Å². The number of carbonyl (C=O) groups is 2. The van der Waals surface area contributed by atoms with Gasteiger partial charge in [0, 0.05) is 12.8 Å². The number of carbonyl (C=O) groups excluding carboxylic acids is 2. The molecule has 0 aromatic carbocycles. The van der Waals surface area contributed by atoms with E-state index < -0.39 is 12.1 Å². The second kappa shape index (κ2) is 59.6. The minimum Gasteiger partial charge on any atom is -0.466 e. The molecular weight excluding hydrogens is 863 g/mol. The van der Waals surface area contributed by atoms with Crippen molar-refractivity contribution < 1.29 is 24.5 Å². The highest BCUT2D eigenvalue weighted by Crippen LogP contribution is 2.17. The molecule has 412 valence electrons. The van der Waals surface area contributed by atoms with Gasteiger partial charge in [-0.05, 0) is 64.2 Å². The first-order valence-corrected chi connectivity index (χ1v) is 31.3. The molecule has 0 saturated heterocycles. The molecule has 0 aromatic heterocycles. The van der Waals surface area contributed by atoms with Gasteiger partial charge in [-0.15, -0.1) is 0 Å². The van der Waals surface area contributed by atoms with Gasteiger partial charge < -0.3 is 20.3 Å². The Kier molecular flexibility index (Phi) is 58.0. The van der Waals surface area contributed by atoms with Gasteiger partial charge in [0.25, 0.3) is 0 Å². The van der Waals surface area contributed by atoms with Crippen LogP contribution < -0.4 is 5.32 Å². The molecule has 3 N–H and O–H groups in total. The van der Waals surface area contributed by atoms with Crippen LogP contribution in [0.25, 0.3) is 0 Å². The Labute approximate surface area is 436 Å². The fourth-order valence-corrected chi connectivity index (χ4v) is 9.61. The molecule has 0 aliphatic carbocycles. The van der Waals surface area contributed by atoms with Crippen LogP contribution in [-0.4, -0.2) is 47.4 Å². The highest BCUT2D eigenvalue weighted by molar-refractivity contribution is 5.76. The quantitative estimate of drug-likeness (QED) is 0.0321. The van der Waals surface area contributed by atoms with Crippen molar-refractivity contribution in [3.05, 3.63) is 36.5 Å². The number of allylic oxidation sites excluding steroid dienone is 5. The Morgan fingerprint density at radius 3 is 1.11 bits per heavy atom. The second-order valence-corrected chi connectivity index (χ2v) is 21.4. The maximum atomic E-state index is 12.5. The predicted molar refractivity (Wildman–Crippen MR) is 306 cm³/mol. The molecule has 2 atom stereocenters. The van der Waals surface area contributed by atoms with Crippen molar-refractivity contribution in [3.8, 4) is 0 Å². The molecule has 0 radical (unpaired) electrons. The van der Waals surface area contributed by atoms with Crippen molar-refractivity contribution in [3.63, 3.8) is 0 Å². The van der Waals surface area contributed by atoms with Crippen molar-refractivity contribution >= 4 is 11.9 Å². The molecule has 6 heteroatoms. The summed E-state index contributed by atoms with van der Waals surface area (Å²) in [6.07, 6.45) is 74.6. The average molecular weight is 985 g/mol. The standard InChI is InChI=1S/C64H121NO5/c1-3-5-7-9-11-13-15-17-19-21-22-23-24-25-26-27-28-30-31-33-36-40-44-48-52-56-62(67)61(60-66)65-63(68)57-53-49-45-41-37-35-39-43-47-51-55-59-70-64(69)58-54-50-46-42-38-34-32-29-20-18-16-14-12-10-8-6-4-2/h12,14,18,20,52,56,61-62,66-67H,3-11,13,15-17,19,21-51,53-55,57-60H2,1-2H3,(H,65,68)/b14-12-,20-18-,56-52+. The smallest absolute Gasteiger partial charge is 0.305 e. The molecule has 1 amide bonds. The van der Waals surface area contributed by atoms with Crippen LogP contribution in [-0.2, 0) is 14.3 Å². The van der Waals surface area contributed by atoms with E-state index in [-0.39, 0.29) is 18.5 Å². The highest BCUT2D eigenvalue weighted by atomic mass is 16.5. The first kappa shape index (κ1) is 68.1. The van der Waals surface area contributed by atoms with E-state index in [1.807, 2.05) is 6.08 Å². The normalized spacial score (nSPS) is 12.8. The topological polar surface area (TPSA) is 95.9 Å². The molecule has 70 heavy (non-hydrogen) atoms. The van der Waals surface area contributed by atoms with Crippen LogP contribution in [0.3, 0.4) is 0 Å². The van der Waals surface area contributed by atoms with Gasteiger partial charge in [0.05, 0.1) is 25.4 Å². The second-order valence-electron chi connectivity index (χ2n) is 21.4. The van der Waals surface area contributed by atoms with Crippen LogP contribution in [0.4, 0.5) is 0 Å². The van der Waals surface area contributed by atoms with Crippen LogP contribution >= 0.6 is 0 Å². The van der Waals surface area contributed by atoms with Gasteiger partial charge in [-0.1, -0.05) is 294 Å². The molecule has 0 saturated carbocycles. The third-order valence-corrected chi connectivity index (χ3v) is 14.4. The summed E-state index contributed by atoms with van der Waals surface area (Å²) in [5.41, 5.74) is 0. The molecule has 0 aromatic rings. The summed E-state index contributed by atoms with van der Waals surface area (Å²) in [6, 6.07) is -0.644. The number of rotatable bonds is 58. The number of aliphatic hydroxyl groups excluding tert-OH is 2. The zero-order valence-electron chi connectivity index (χ0n) is 47.0. The summed E-state index contributed by atoms with van der Waals surface area (Å²) in [4.78, 5) is 24.6. The maximum absolute atomic E-state index is 12.5. The first-order valence-electron chi connectivity index (χ1n) is 31.3. The number of aliphatic hydroxyl groups is 2. The number of amides is 1. The van der Waals surface area contributed by atoms with Crippen LogP contribution in [0.15, 0.2) is 36.5 Å². The summed E-state index contributed by atoms with van der Waals surface area (Å²) >= 11 is 0. The van der Waals surface area contributed by atoms with Crippen molar-refractivity contribution in [2.75, 3.05) is 13.2 Å². The zero-order chi connectivity index (χ0) is 50.7. The minimum atomic E-state index is -0.859. The van der Waals surface area contributed by atoms with Crippen molar-refractivity contribution in [2.24, 2.45) is 0 Å². The maximum Gasteiger partial charge on any atom is 0.305 e. The molecular formula is C64H121NO5. The van der Waals surface area contributed by atoms with Crippen molar-refractivity contribution in [1.82, 2.24) is 5.32 Å². The van der Waals surface area contributed by atoms with E-state index in [1.54, 1.807) is 6.08 Å². The van der Waals surface area contributed by atoms with E-state index in [4.69, 9.17) is 4.74 Å². The van der Waals surface area contributed by atoms with Gasteiger partial charge in [-0.25, -0.2) is 0 Å². The Morgan fingerprint density at radius 1 is 0.400 bits per heavy atom. The van der Waals surface area contributed by atoms with Crippen LogP contribution in [0.5, 0.6) is 0 Å². The predicted octanol–water partition coefficient (Wildman–Crippen LogP) is 19.6. The van der Waals surface area contributed by atoms with Gasteiger partial charge in [-0.3, -0.25) is 9.59 Å². The molecule has 0 heterocycles. The number of hydrogen-bond acceptors (Lipinski definition) is 5. The van der Waals surface area contributed by atoms with Crippen molar-refractivity contribution in [1.29, 1.82) is 0 Å². The number of ether oxygens (including phenoxy) is 1. The van der Waals surface area contributed by atoms with Crippen LogP contribution in [0.2, 0.25) is 0 Å². The summed E-state index contributed by atoms with van der Waals surface area (Å²) in [5.74, 6) is -0.107. The highest BCUT2D eigenvalue weighted by Gasteiger charge is 2.18. The third kappa shape index (κ3) is 55.4. The molecule has 0 aliphatic heterocycles.